The fourth-order valence-corrected chi connectivity index (χ4v) is 5.96. The van der Waals surface area contributed by atoms with Crippen molar-refractivity contribution in [3.8, 4) is 0 Å². The van der Waals surface area contributed by atoms with E-state index < -0.39 is 0 Å². The van der Waals surface area contributed by atoms with Gasteiger partial charge < -0.3 is 10.1 Å². The van der Waals surface area contributed by atoms with Crippen molar-refractivity contribution in [1.29, 1.82) is 0 Å². The number of thioether (sulfide) groups is 1. The first kappa shape index (κ1) is 18.6. The van der Waals surface area contributed by atoms with E-state index in [0.717, 1.165) is 64.9 Å². The van der Waals surface area contributed by atoms with Crippen LogP contribution in [0.25, 0.3) is 20.4 Å². The van der Waals surface area contributed by atoms with E-state index >= 15 is 0 Å². The number of anilines is 1. The zero-order valence-electron chi connectivity index (χ0n) is 16.7. The second-order valence-corrected chi connectivity index (χ2v) is 9.77. The number of nitrogens with zero attached hydrogens (tertiary/aromatic N) is 3. The van der Waals surface area contributed by atoms with Crippen LogP contribution in [0.4, 0.5) is 5.82 Å². The zero-order chi connectivity index (χ0) is 19.3. The maximum Gasteiger partial charge on any atom is 0.189 e. The Morgan fingerprint density at radius 1 is 1.18 bits per heavy atom. The summed E-state index contributed by atoms with van der Waals surface area (Å²) in [6.07, 6.45) is 8.10. The van der Waals surface area contributed by atoms with Gasteiger partial charge in [0.25, 0.3) is 0 Å². The van der Waals surface area contributed by atoms with E-state index in [4.69, 9.17) is 19.7 Å². The van der Waals surface area contributed by atoms with E-state index in [2.05, 4.69) is 19.2 Å². The molecule has 2 aliphatic rings. The number of nitrogens with one attached hydrogen (secondary N) is 1. The van der Waals surface area contributed by atoms with Gasteiger partial charge in [-0.05, 0) is 55.4 Å². The summed E-state index contributed by atoms with van der Waals surface area (Å²) in [4.78, 5) is 15.9. The average Bonchev–Trinajstić information content (AvgIpc) is 3.43. The smallest absolute Gasteiger partial charge is 0.189 e. The minimum Gasteiger partial charge on any atom is -0.376 e. The molecular weight excluding hydrogens is 388 g/mol. The number of rotatable bonds is 5. The lowest BCUT2D eigenvalue weighted by molar-refractivity contribution is 0.120. The average molecular weight is 415 g/mol. The number of ether oxygens (including phenoxy) is 1. The van der Waals surface area contributed by atoms with Gasteiger partial charge in [0, 0.05) is 24.2 Å². The van der Waals surface area contributed by atoms with Crippen LogP contribution in [0.1, 0.15) is 55.8 Å². The van der Waals surface area contributed by atoms with Crippen LogP contribution in [0, 0.1) is 0 Å². The van der Waals surface area contributed by atoms with Crippen molar-refractivity contribution in [1.82, 2.24) is 15.0 Å². The second kappa shape index (κ2) is 7.43. The molecule has 1 N–H and O–H groups in total. The number of thiophene rings is 1. The SMILES string of the molecule is CSc1nc(NC[C@H]2CCCO2)c2sc3nc(C(C)C)c4c(c3c2n1)CCC4. The van der Waals surface area contributed by atoms with Crippen molar-refractivity contribution >= 4 is 49.3 Å². The normalized spacial score (nSPS) is 19.2. The molecule has 1 aliphatic heterocycles. The summed E-state index contributed by atoms with van der Waals surface area (Å²) in [6, 6.07) is 0. The molecule has 0 bridgehead atoms. The lowest BCUT2D eigenvalue weighted by Gasteiger charge is -2.13. The van der Waals surface area contributed by atoms with Crippen molar-refractivity contribution in [2.45, 2.75) is 63.1 Å². The molecule has 0 unspecified atom stereocenters. The highest BCUT2D eigenvalue weighted by atomic mass is 32.2. The molecular formula is C21H26N4OS2. The predicted octanol–water partition coefficient (Wildman–Crippen LogP) is 5.16. The molecule has 0 saturated carbocycles. The summed E-state index contributed by atoms with van der Waals surface area (Å²) in [7, 11) is 0. The van der Waals surface area contributed by atoms with Gasteiger partial charge in [-0.3, -0.25) is 0 Å². The van der Waals surface area contributed by atoms with E-state index in [0.29, 0.717) is 5.92 Å². The Morgan fingerprint density at radius 3 is 2.79 bits per heavy atom. The highest BCUT2D eigenvalue weighted by Gasteiger charge is 2.26. The summed E-state index contributed by atoms with van der Waals surface area (Å²) in [5.74, 6) is 1.39. The number of hydrogen-bond acceptors (Lipinski definition) is 7. The Balaban J connectivity index is 1.68. The van der Waals surface area contributed by atoms with Gasteiger partial charge in [0.15, 0.2) is 5.16 Å². The molecule has 0 spiro atoms. The molecule has 3 aromatic rings. The molecule has 5 rings (SSSR count). The molecule has 148 valence electrons. The largest absolute Gasteiger partial charge is 0.376 e. The molecule has 5 nitrogen and oxygen atoms in total. The van der Waals surface area contributed by atoms with E-state index in [-0.39, 0.29) is 6.10 Å². The van der Waals surface area contributed by atoms with Crippen LogP contribution in [0.5, 0.6) is 0 Å². The van der Waals surface area contributed by atoms with Crippen molar-refractivity contribution in [2.75, 3.05) is 24.7 Å². The third-order valence-electron chi connectivity index (χ3n) is 5.80. The molecule has 0 amide bonds. The van der Waals surface area contributed by atoms with E-state index in [1.165, 1.54) is 28.6 Å². The van der Waals surface area contributed by atoms with Gasteiger partial charge in [-0.25, -0.2) is 15.0 Å². The Bertz CT molecular complexity index is 1040. The Labute approximate surface area is 173 Å². The highest BCUT2D eigenvalue weighted by molar-refractivity contribution is 7.98. The third kappa shape index (κ3) is 3.08. The number of pyridine rings is 1. The fraction of sp³-hybridized carbons (Fsp3) is 0.571. The lowest BCUT2D eigenvalue weighted by Crippen LogP contribution is -2.19. The summed E-state index contributed by atoms with van der Waals surface area (Å²) in [6.45, 7) is 6.18. The van der Waals surface area contributed by atoms with E-state index in [1.807, 2.05) is 6.26 Å². The molecule has 3 aromatic heterocycles. The molecule has 1 atom stereocenters. The van der Waals surface area contributed by atoms with Crippen LogP contribution in [-0.4, -0.2) is 40.5 Å². The predicted molar refractivity (Wildman–Crippen MR) is 118 cm³/mol. The van der Waals surface area contributed by atoms with Crippen LogP contribution in [-0.2, 0) is 17.6 Å². The highest BCUT2D eigenvalue weighted by Crippen LogP contribution is 2.43. The van der Waals surface area contributed by atoms with Gasteiger partial charge in [-0.1, -0.05) is 25.6 Å². The van der Waals surface area contributed by atoms with E-state index in [9.17, 15) is 0 Å². The van der Waals surface area contributed by atoms with Crippen LogP contribution in [0.15, 0.2) is 5.16 Å². The first-order valence-electron chi connectivity index (χ1n) is 10.2. The van der Waals surface area contributed by atoms with Gasteiger partial charge in [-0.15, -0.1) is 11.3 Å². The Morgan fingerprint density at radius 2 is 2.04 bits per heavy atom. The van der Waals surface area contributed by atoms with Crippen molar-refractivity contribution in [3.63, 3.8) is 0 Å². The van der Waals surface area contributed by atoms with Gasteiger partial charge in [0.05, 0.1) is 16.3 Å². The monoisotopic (exact) mass is 414 g/mol. The first-order valence-corrected chi connectivity index (χ1v) is 12.2. The summed E-state index contributed by atoms with van der Waals surface area (Å²) >= 11 is 3.34. The number of aromatic nitrogens is 3. The van der Waals surface area contributed by atoms with Crippen LogP contribution in [0.3, 0.4) is 0 Å². The maximum atomic E-state index is 5.78. The van der Waals surface area contributed by atoms with Gasteiger partial charge in [-0.2, -0.15) is 0 Å². The molecule has 1 saturated heterocycles. The van der Waals surface area contributed by atoms with Crippen LogP contribution in [0.2, 0.25) is 0 Å². The van der Waals surface area contributed by atoms with E-state index in [1.54, 1.807) is 23.1 Å². The molecule has 28 heavy (non-hydrogen) atoms. The standard InChI is InChI=1S/C21H26N4OS2/c1-11(2)16-14-8-4-7-13(14)15-17-18(28-20(15)23-16)19(25-21(24-17)27-3)22-10-12-6-5-9-26-12/h11-12H,4-10H2,1-3H3,(H,22,24,25)/t12-/m1/s1. The van der Waals surface area contributed by atoms with Crippen molar-refractivity contribution in [2.24, 2.45) is 0 Å². The van der Waals surface area contributed by atoms with Gasteiger partial charge in [0.2, 0.25) is 0 Å². The maximum absolute atomic E-state index is 5.78. The molecule has 0 radical (unpaired) electrons. The second-order valence-electron chi connectivity index (χ2n) is 8.00. The zero-order valence-corrected chi connectivity index (χ0v) is 18.3. The van der Waals surface area contributed by atoms with Crippen molar-refractivity contribution in [3.05, 3.63) is 16.8 Å². The Hall–Kier alpha value is -1.44. The lowest BCUT2D eigenvalue weighted by atomic mass is 9.99. The topological polar surface area (TPSA) is 59.9 Å². The minimum absolute atomic E-state index is 0.284. The Kier molecular flexibility index (Phi) is 4.93. The molecule has 1 fully saturated rings. The summed E-state index contributed by atoms with van der Waals surface area (Å²) in [5.41, 5.74) is 5.31. The summed E-state index contributed by atoms with van der Waals surface area (Å²) in [5, 5.41) is 5.66. The van der Waals surface area contributed by atoms with Crippen LogP contribution >= 0.6 is 23.1 Å². The quantitative estimate of drug-likeness (QED) is 0.459. The third-order valence-corrected chi connectivity index (χ3v) is 7.42. The minimum atomic E-state index is 0.284. The van der Waals surface area contributed by atoms with Gasteiger partial charge >= 0.3 is 0 Å². The number of hydrogen-bond donors (Lipinski definition) is 1. The molecule has 7 heteroatoms. The molecule has 1 aliphatic carbocycles. The summed E-state index contributed by atoms with van der Waals surface area (Å²) < 4.78 is 6.92. The number of aryl methyl sites for hydroxylation is 1. The van der Waals surface area contributed by atoms with Crippen molar-refractivity contribution < 1.29 is 4.74 Å². The molecule has 4 heterocycles. The fourth-order valence-electron chi connectivity index (χ4n) is 4.48. The molecule has 0 aromatic carbocycles. The van der Waals surface area contributed by atoms with Gasteiger partial charge in [0.1, 0.15) is 10.6 Å². The van der Waals surface area contributed by atoms with Crippen LogP contribution < -0.4 is 5.32 Å². The first-order chi connectivity index (χ1) is 13.7. The number of fused-ring (bicyclic) bond motifs is 5.